The summed E-state index contributed by atoms with van der Waals surface area (Å²) in [5.74, 6) is -0.962. The average Bonchev–Trinajstić information content (AvgIpc) is 2.06. The Morgan fingerprint density at radius 3 is 2.58 bits per heavy atom. The van der Waals surface area contributed by atoms with Crippen molar-refractivity contribution in [3.63, 3.8) is 0 Å². The molecule has 0 amide bonds. The van der Waals surface area contributed by atoms with Crippen molar-refractivity contribution in [2.24, 2.45) is 5.41 Å². The van der Waals surface area contributed by atoms with E-state index in [2.05, 4.69) is 0 Å². The number of nitrogens with zero attached hydrogens (tertiary/aromatic N) is 1. The van der Waals surface area contributed by atoms with Crippen LogP contribution in [0, 0.1) is 16.7 Å². The summed E-state index contributed by atoms with van der Waals surface area (Å²) >= 11 is 0. The molecule has 0 fully saturated rings. The minimum Gasteiger partial charge on any atom is -0.480 e. The zero-order valence-corrected chi connectivity index (χ0v) is 6.53. The zero-order valence-electron chi connectivity index (χ0n) is 6.53. The summed E-state index contributed by atoms with van der Waals surface area (Å²) in [5, 5.41) is 17.3. The molecule has 62 valence electrons. The lowest BCUT2D eigenvalue weighted by atomic mass is 9.82. The second kappa shape index (κ2) is 3.22. The predicted octanol–water partition coefficient (Wildman–Crippen LogP) is 1.49. The molecule has 0 unspecified atom stereocenters. The van der Waals surface area contributed by atoms with Crippen LogP contribution in [-0.4, -0.2) is 11.1 Å². The van der Waals surface area contributed by atoms with Crippen LogP contribution in [0.5, 0.6) is 0 Å². The molecule has 0 saturated carbocycles. The smallest absolute Gasteiger partial charge is 0.318 e. The SMILES string of the molecule is N#CCC1(C(=O)O)C=CCC=C1. The molecule has 1 N–H and O–H groups in total. The first-order chi connectivity index (χ1) is 5.71. The molecule has 0 spiro atoms. The molecule has 1 aliphatic carbocycles. The number of nitriles is 1. The van der Waals surface area contributed by atoms with Gasteiger partial charge in [-0.25, -0.2) is 0 Å². The van der Waals surface area contributed by atoms with Gasteiger partial charge >= 0.3 is 5.97 Å². The van der Waals surface area contributed by atoms with E-state index >= 15 is 0 Å². The van der Waals surface area contributed by atoms with Crippen molar-refractivity contribution in [2.75, 3.05) is 0 Å². The first-order valence-electron chi connectivity index (χ1n) is 3.67. The zero-order chi connectivity index (χ0) is 9.03. The van der Waals surface area contributed by atoms with Gasteiger partial charge in [-0.15, -0.1) is 0 Å². The molecule has 0 radical (unpaired) electrons. The van der Waals surface area contributed by atoms with Crippen molar-refractivity contribution in [1.82, 2.24) is 0 Å². The first kappa shape index (κ1) is 8.54. The molecule has 3 heteroatoms. The fourth-order valence-electron chi connectivity index (χ4n) is 1.16. The fraction of sp³-hybridized carbons (Fsp3) is 0.333. The largest absolute Gasteiger partial charge is 0.480 e. The van der Waals surface area contributed by atoms with Crippen LogP contribution in [0.15, 0.2) is 24.3 Å². The van der Waals surface area contributed by atoms with Gasteiger partial charge in [0, 0.05) is 0 Å². The minimum absolute atomic E-state index is 0.00463. The van der Waals surface area contributed by atoms with E-state index in [-0.39, 0.29) is 6.42 Å². The van der Waals surface area contributed by atoms with Crippen LogP contribution in [-0.2, 0) is 4.79 Å². The lowest BCUT2D eigenvalue weighted by Gasteiger charge is -2.20. The van der Waals surface area contributed by atoms with Crippen molar-refractivity contribution < 1.29 is 9.90 Å². The number of carbonyl (C=O) groups is 1. The third-order valence-corrected chi connectivity index (χ3v) is 1.87. The summed E-state index contributed by atoms with van der Waals surface area (Å²) < 4.78 is 0. The highest BCUT2D eigenvalue weighted by molar-refractivity contribution is 5.80. The number of aliphatic carboxylic acids is 1. The van der Waals surface area contributed by atoms with E-state index in [9.17, 15) is 4.79 Å². The third-order valence-electron chi connectivity index (χ3n) is 1.87. The van der Waals surface area contributed by atoms with Gasteiger partial charge in [0.25, 0.3) is 0 Å². The minimum atomic E-state index is -1.08. The number of rotatable bonds is 2. The molecule has 0 saturated heterocycles. The topological polar surface area (TPSA) is 61.1 Å². The maximum Gasteiger partial charge on any atom is 0.318 e. The summed E-state index contributed by atoms with van der Waals surface area (Å²) in [6.45, 7) is 0. The van der Waals surface area contributed by atoms with E-state index in [0.29, 0.717) is 0 Å². The van der Waals surface area contributed by atoms with Crippen LogP contribution >= 0.6 is 0 Å². The quantitative estimate of drug-likeness (QED) is 0.627. The first-order valence-corrected chi connectivity index (χ1v) is 3.67. The van der Waals surface area contributed by atoms with Gasteiger partial charge in [0.2, 0.25) is 0 Å². The van der Waals surface area contributed by atoms with Gasteiger partial charge in [-0.1, -0.05) is 24.3 Å². The summed E-state index contributed by atoms with van der Waals surface area (Å²) in [6.07, 6.45) is 7.45. The van der Waals surface area contributed by atoms with Gasteiger partial charge in [-0.05, 0) is 6.42 Å². The number of carboxylic acids is 1. The standard InChI is InChI=1S/C9H9NO2/c10-7-6-9(8(11)12)4-2-1-3-5-9/h2-5H,1,6H2,(H,11,12). The average molecular weight is 163 g/mol. The van der Waals surface area contributed by atoms with Crippen LogP contribution < -0.4 is 0 Å². The van der Waals surface area contributed by atoms with Crippen LogP contribution in [0.3, 0.4) is 0 Å². The molecule has 0 aliphatic heterocycles. The second-order valence-electron chi connectivity index (χ2n) is 2.72. The maximum atomic E-state index is 10.8. The van der Waals surface area contributed by atoms with Crippen LogP contribution in [0.25, 0.3) is 0 Å². The number of allylic oxidation sites excluding steroid dienone is 2. The number of carboxylic acid groups (broad SMARTS) is 1. The Balaban J connectivity index is 2.94. The highest BCUT2D eigenvalue weighted by Crippen LogP contribution is 2.29. The molecule has 1 aliphatic rings. The fourth-order valence-corrected chi connectivity index (χ4v) is 1.16. The Labute approximate surface area is 70.6 Å². The van der Waals surface area contributed by atoms with Gasteiger partial charge in [-0.3, -0.25) is 4.79 Å². The van der Waals surface area contributed by atoms with Crippen molar-refractivity contribution in [2.45, 2.75) is 12.8 Å². The highest BCUT2D eigenvalue weighted by atomic mass is 16.4. The van der Waals surface area contributed by atoms with E-state index in [0.717, 1.165) is 6.42 Å². The second-order valence-corrected chi connectivity index (χ2v) is 2.72. The third kappa shape index (κ3) is 1.37. The van der Waals surface area contributed by atoms with Gasteiger partial charge < -0.3 is 5.11 Å². The van der Waals surface area contributed by atoms with Crippen LogP contribution in [0.2, 0.25) is 0 Å². The molecule has 0 aromatic heterocycles. The molecule has 0 heterocycles. The summed E-state index contributed by atoms with van der Waals surface area (Å²) in [5.41, 5.74) is -1.08. The Kier molecular flexibility index (Phi) is 2.29. The highest BCUT2D eigenvalue weighted by Gasteiger charge is 2.33. The van der Waals surface area contributed by atoms with Crippen molar-refractivity contribution in [3.8, 4) is 6.07 Å². The maximum absolute atomic E-state index is 10.8. The van der Waals surface area contributed by atoms with Crippen molar-refractivity contribution in [1.29, 1.82) is 5.26 Å². The molecular formula is C9H9NO2. The van der Waals surface area contributed by atoms with E-state index in [4.69, 9.17) is 10.4 Å². The van der Waals surface area contributed by atoms with Crippen LogP contribution in [0.1, 0.15) is 12.8 Å². The molecule has 12 heavy (non-hydrogen) atoms. The monoisotopic (exact) mass is 163 g/mol. The Bertz CT molecular complexity index is 271. The van der Waals surface area contributed by atoms with Crippen molar-refractivity contribution in [3.05, 3.63) is 24.3 Å². The molecule has 3 nitrogen and oxygen atoms in total. The predicted molar refractivity (Wildman–Crippen MR) is 43.2 cm³/mol. The molecule has 0 bridgehead atoms. The summed E-state index contributed by atoms with van der Waals surface area (Å²) in [4.78, 5) is 10.8. The van der Waals surface area contributed by atoms with E-state index < -0.39 is 11.4 Å². The molecule has 0 atom stereocenters. The van der Waals surface area contributed by atoms with Crippen molar-refractivity contribution >= 4 is 5.97 Å². The molecule has 0 aromatic carbocycles. The van der Waals surface area contributed by atoms with Gasteiger partial charge in [-0.2, -0.15) is 5.26 Å². The lowest BCUT2D eigenvalue weighted by Crippen LogP contribution is -2.27. The lowest BCUT2D eigenvalue weighted by molar-refractivity contribution is -0.143. The molecule has 0 aromatic rings. The Morgan fingerprint density at radius 2 is 2.17 bits per heavy atom. The van der Waals surface area contributed by atoms with Crippen LogP contribution in [0.4, 0.5) is 0 Å². The molecule has 1 rings (SSSR count). The normalized spacial score (nSPS) is 18.6. The van der Waals surface area contributed by atoms with E-state index in [1.807, 2.05) is 6.07 Å². The van der Waals surface area contributed by atoms with Gasteiger partial charge in [0.15, 0.2) is 0 Å². The Hall–Kier alpha value is -1.56. The number of hydrogen-bond acceptors (Lipinski definition) is 2. The summed E-state index contributed by atoms with van der Waals surface area (Å²) in [6, 6.07) is 1.88. The summed E-state index contributed by atoms with van der Waals surface area (Å²) in [7, 11) is 0. The van der Waals surface area contributed by atoms with E-state index in [1.165, 1.54) is 0 Å². The van der Waals surface area contributed by atoms with Gasteiger partial charge in [0.1, 0.15) is 5.41 Å². The van der Waals surface area contributed by atoms with Gasteiger partial charge in [0.05, 0.1) is 12.5 Å². The Morgan fingerprint density at radius 1 is 1.58 bits per heavy atom. The van der Waals surface area contributed by atoms with E-state index in [1.54, 1.807) is 24.3 Å². The number of hydrogen-bond donors (Lipinski definition) is 1. The molecular weight excluding hydrogens is 154 g/mol.